The van der Waals surface area contributed by atoms with Gasteiger partial charge in [-0.25, -0.2) is 8.78 Å². The van der Waals surface area contributed by atoms with Gasteiger partial charge >= 0.3 is 5.97 Å². The zero-order valence-electron chi connectivity index (χ0n) is 10.5. The summed E-state index contributed by atoms with van der Waals surface area (Å²) in [7, 11) is 0. The van der Waals surface area contributed by atoms with Crippen LogP contribution in [0.25, 0.3) is 11.5 Å². The third-order valence-corrected chi connectivity index (χ3v) is 2.68. The normalized spacial score (nSPS) is 10.7. The van der Waals surface area contributed by atoms with Gasteiger partial charge in [-0.05, 0) is 25.0 Å². The minimum absolute atomic E-state index is 0.0690. The smallest absolute Gasteiger partial charge is 0.303 e. The number of unbranched alkanes of at least 4 members (excludes halogenated alkanes) is 1. The van der Waals surface area contributed by atoms with Crippen molar-refractivity contribution in [2.45, 2.75) is 25.7 Å². The van der Waals surface area contributed by atoms with Crippen molar-refractivity contribution in [3.63, 3.8) is 0 Å². The highest BCUT2D eigenvalue weighted by molar-refractivity contribution is 5.66. The quantitative estimate of drug-likeness (QED) is 0.824. The van der Waals surface area contributed by atoms with E-state index in [0.717, 1.165) is 6.07 Å². The molecule has 0 amide bonds. The van der Waals surface area contributed by atoms with Gasteiger partial charge in [-0.3, -0.25) is 4.79 Å². The molecule has 0 saturated heterocycles. The van der Waals surface area contributed by atoms with Gasteiger partial charge in [0.2, 0.25) is 5.89 Å². The molecule has 1 N–H and O–H groups in total. The highest BCUT2D eigenvalue weighted by Gasteiger charge is 2.15. The number of carboxylic acids is 1. The molecule has 5 nitrogen and oxygen atoms in total. The highest BCUT2D eigenvalue weighted by Crippen LogP contribution is 2.23. The van der Waals surface area contributed by atoms with Gasteiger partial charge in [0.25, 0.3) is 5.89 Å². The Kier molecular flexibility index (Phi) is 4.39. The van der Waals surface area contributed by atoms with Crippen LogP contribution < -0.4 is 0 Å². The van der Waals surface area contributed by atoms with Crippen molar-refractivity contribution in [1.29, 1.82) is 0 Å². The molecule has 1 heterocycles. The molecule has 1 aromatic carbocycles. The van der Waals surface area contributed by atoms with Crippen LogP contribution in [0, 0.1) is 11.6 Å². The number of carboxylic acid groups (broad SMARTS) is 1. The molecule has 7 heteroatoms. The highest BCUT2D eigenvalue weighted by atomic mass is 19.2. The maximum atomic E-state index is 13.5. The monoisotopic (exact) mass is 282 g/mol. The van der Waals surface area contributed by atoms with Gasteiger partial charge < -0.3 is 9.52 Å². The molecule has 0 aliphatic heterocycles. The average Bonchev–Trinajstić information content (AvgIpc) is 2.86. The van der Waals surface area contributed by atoms with Crippen molar-refractivity contribution in [3.05, 3.63) is 35.7 Å². The van der Waals surface area contributed by atoms with Gasteiger partial charge in [0.1, 0.15) is 0 Å². The summed E-state index contributed by atoms with van der Waals surface area (Å²) < 4.78 is 31.8. The molecule has 20 heavy (non-hydrogen) atoms. The summed E-state index contributed by atoms with van der Waals surface area (Å²) in [4.78, 5) is 10.3. The number of aromatic nitrogens is 2. The Morgan fingerprint density at radius 1 is 1.25 bits per heavy atom. The fourth-order valence-corrected chi connectivity index (χ4v) is 1.68. The van der Waals surface area contributed by atoms with E-state index in [0.29, 0.717) is 19.3 Å². The van der Waals surface area contributed by atoms with Crippen molar-refractivity contribution < 1.29 is 23.1 Å². The maximum Gasteiger partial charge on any atom is 0.303 e. The molecule has 0 aliphatic carbocycles. The Balaban J connectivity index is 2.02. The molecule has 2 aromatic rings. The lowest BCUT2D eigenvalue weighted by molar-refractivity contribution is -0.137. The van der Waals surface area contributed by atoms with Crippen molar-refractivity contribution >= 4 is 5.97 Å². The SMILES string of the molecule is O=C(O)CCCCc1nnc(-c2cccc(F)c2F)o1. The Morgan fingerprint density at radius 3 is 2.80 bits per heavy atom. The summed E-state index contributed by atoms with van der Waals surface area (Å²) in [5, 5.41) is 15.9. The van der Waals surface area contributed by atoms with Crippen LogP contribution in [0.3, 0.4) is 0 Å². The summed E-state index contributed by atoms with van der Waals surface area (Å²) in [6.07, 6.45) is 1.53. The lowest BCUT2D eigenvalue weighted by Crippen LogP contribution is -1.95. The summed E-state index contributed by atoms with van der Waals surface area (Å²) in [6, 6.07) is 3.70. The van der Waals surface area contributed by atoms with Gasteiger partial charge in [-0.2, -0.15) is 0 Å². The van der Waals surface area contributed by atoms with E-state index in [2.05, 4.69) is 10.2 Å². The molecular formula is C13H12F2N2O3. The molecule has 0 bridgehead atoms. The number of aryl methyl sites for hydroxylation is 1. The van der Waals surface area contributed by atoms with E-state index in [-0.39, 0.29) is 23.8 Å². The van der Waals surface area contributed by atoms with Gasteiger partial charge in [-0.1, -0.05) is 6.07 Å². The molecule has 0 saturated carbocycles. The molecule has 0 spiro atoms. The van der Waals surface area contributed by atoms with Crippen molar-refractivity contribution in [3.8, 4) is 11.5 Å². The first-order valence-electron chi connectivity index (χ1n) is 6.06. The minimum Gasteiger partial charge on any atom is -0.481 e. The molecule has 0 unspecified atom stereocenters. The zero-order chi connectivity index (χ0) is 14.5. The van der Waals surface area contributed by atoms with Gasteiger partial charge in [0.05, 0.1) is 5.56 Å². The summed E-state index contributed by atoms with van der Waals surface area (Å²) in [5.41, 5.74) is -0.0886. The van der Waals surface area contributed by atoms with E-state index in [1.807, 2.05) is 0 Å². The lowest BCUT2D eigenvalue weighted by Gasteiger charge is -1.98. The second-order valence-corrected chi connectivity index (χ2v) is 4.20. The number of rotatable bonds is 6. The van der Waals surface area contributed by atoms with Crippen LogP contribution in [-0.2, 0) is 11.2 Å². The Hall–Kier alpha value is -2.31. The summed E-state index contributed by atoms with van der Waals surface area (Å²) in [6.45, 7) is 0. The van der Waals surface area contributed by atoms with Gasteiger partial charge in [0, 0.05) is 12.8 Å². The van der Waals surface area contributed by atoms with Crippen LogP contribution >= 0.6 is 0 Å². The number of aliphatic carboxylic acids is 1. The molecule has 0 radical (unpaired) electrons. The largest absolute Gasteiger partial charge is 0.481 e. The number of hydrogen-bond acceptors (Lipinski definition) is 4. The number of nitrogens with zero attached hydrogens (tertiary/aromatic N) is 2. The molecule has 0 fully saturated rings. The molecule has 1 aromatic heterocycles. The number of halogens is 2. The second kappa shape index (κ2) is 6.23. The number of benzene rings is 1. The third-order valence-electron chi connectivity index (χ3n) is 2.68. The standard InChI is InChI=1S/C13H12F2N2O3/c14-9-5-3-4-8(12(9)15)13-17-16-10(20-13)6-1-2-7-11(18)19/h3-5H,1-2,6-7H2,(H,18,19). The number of hydrogen-bond donors (Lipinski definition) is 1. The second-order valence-electron chi connectivity index (χ2n) is 4.20. The molecular weight excluding hydrogens is 270 g/mol. The van der Waals surface area contributed by atoms with E-state index in [1.165, 1.54) is 12.1 Å². The van der Waals surface area contributed by atoms with E-state index in [4.69, 9.17) is 9.52 Å². The fourth-order valence-electron chi connectivity index (χ4n) is 1.68. The summed E-state index contributed by atoms with van der Waals surface area (Å²) in [5.74, 6) is -2.69. The van der Waals surface area contributed by atoms with E-state index in [9.17, 15) is 13.6 Å². The topological polar surface area (TPSA) is 76.2 Å². The summed E-state index contributed by atoms with van der Waals surface area (Å²) >= 11 is 0. The van der Waals surface area contributed by atoms with Crippen LogP contribution in [0.2, 0.25) is 0 Å². The van der Waals surface area contributed by atoms with Crippen LogP contribution in [0.5, 0.6) is 0 Å². The van der Waals surface area contributed by atoms with Gasteiger partial charge in [0.15, 0.2) is 11.6 Å². The number of carbonyl (C=O) groups is 1. The van der Waals surface area contributed by atoms with E-state index < -0.39 is 17.6 Å². The lowest BCUT2D eigenvalue weighted by atomic mass is 10.2. The minimum atomic E-state index is -1.03. The van der Waals surface area contributed by atoms with Crippen LogP contribution in [0.4, 0.5) is 8.78 Å². The first kappa shape index (κ1) is 14.1. The average molecular weight is 282 g/mol. The predicted octanol–water partition coefficient (Wildman–Crippen LogP) is 2.81. The van der Waals surface area contributed by atoms with E-state index >= 15 is 0 Å². The Labute approximate surface area is 113 Å². The van der Waals surface area contributed by atoms with E-state index in [1.54, 1.807) is 0 Å². The van der Waals surface area contributed by atoms with Crippen LogP contribution in [0.15, 0.2) is 22.6 Å². The molecule has 106 valence electrons. The van der Waals surface area contributed by atoms with Gasteiger partial charge in [-0.15, -0.1) is 10.2 Å². The Bertz CT molecular complexity index is 613. The van der Waals surface area contributed by atoms with Crippen molar-refractivity contribution in [2.75, 3.05) is 0 Å². The molecule has 2 rings (SSSR count). The van der Waals surface area contributed by atoms with Crippen LogP contribution in [0.1, 0.15) is 25.2 Å². The first-order chi connectivity index (χ1) is 9.58. The van der Waals surface area contributed by atoms with Crippen molar-refractivity contribution in [2.24, 2.45) is 0 Å². The Morgan fingerprint density at radius 2 is 2.05 bits per heavy atom. The van der Waals surface area contributed by atoms with Crippen LogP contribution in [-0.4, -0.2) is 21.3 Å². The maximum absolute atomic E-state index is 13.5. The third kappa shape index (κ3) is 3.37. The predicted molar refractivity (Wildman–Crippen MR) is 64.8 cm³/mol. The van der Waals surface area contributed by atoms with Crippen molar-refractivity contribution in [1.82, 2.24) is 10.2 Å². The molecule has 0 atom stereocenters. The first-order valence-corrected chi connectivity index (χ1v) is 6.06. The molecule has 0 aliphatic rings. The zero-order valence-corrected chi connectivity index (χ0v) is 10.5. The fraction of sp³-hybridized carbons (Fsp3) is 0.308.